The van der Waals surface area contributed by atoms with Gasteiger partial charge in [0.25, 0.3) is 0 Å². The van der Waals surface area contributed by atoms with Crippen molar-refractivity contribution in [2.45, 2.75) is 19.9 Å². The molecule has 196 valence electrons. The Kier molecular flexibility index (Phi) is 6.71. The average molecular weight is 535 g/mol. The number of aryl methyl sites for hydroxylation is 1. The van der Waals surface area contributed by atoms with E-state index in [1.165, 1.54) is 21.3 Å². The first-order valence-electron chi connectivity index (χ1n) is 12.3. The second-order valence-corrected chi connectivity index (χ2v) is 10.0. The minimum atomic E-state index is -0.516. The van der Waals surface area contributed by atoms with E-state index in [9.17, 15) is 14.3 Å². The minimum absolute atomic E-state index is 0.0957. The Balaban J connectivity index is 1.49. The summed E-state index contributed by atoms with van der Waals surface area (Å²) >= 11 is 6.51. The van der Waals surface area contributed by atoms with Crippen molar-refractivity contribution in [3.63, 3.8) is 0 Å². The number of phenolic OH excluding ortho intramolecular Hbond substituents is 1. The summed E-state index contributed by atoms with van der Waals surface area (Å²) in [5.74, 6) is 0.564. The van der Waals surface area contributed by atoms with Crippen molar-refractivity contribution in [1.29, 1.82) is 5.41 Å². The molecule has 0 bridgehead atoms. The van der Waals surface area contributed by atoms with Gasteiger partial charge in [-0.2, -0.15) is 0 Å². The van der Waals surface area contributed by atoms with E-state index in [-0.39, 0.29) is 28.1 Å². The van der Waals surface area contributed by atoms with Gasteiger partial charge in [-0.15, -0.1) is 0 Å². The fraction of sp³-hybridized carbons (Fsp3) is 0.250. The van der Waals surface area contributed by atoms with Crippen molar-refractivity contribution in [2.75, 3.05) is 24.5 Å². The molecule has 2 N–H and O–H groups in total. The molecular formula is C28H28ClFN6O2. The second-order valence-electron chi connectivity index (χ2n) is 9.64. The molecule has 0 saturated carbocycles. The molecule has 1 saturated heterocycles. The fourth-order valence-electron chi connectivity index (χ4n) is 4.79. The van der Waals surface area contributed by atoms with Gasteiger partial charge in [0.15, 0.2) is 0 Å². The highest BCUT2D eigenvalue weighted by Crippen LogP contribution is 2.41. The zero-order valence-corrected chi connectivity index (χ0v) is 22.1. The Labute approximate surface area is 224 Å². The zero-order valence-electron chi connectivity index (χ0n) is 21.3. The van der Waals surface area contributed by atoms with E-state index in [1.54, 1.807) is 56.0 Å². The van der Waals surface area contributed by atoms with E-state index in [4.69, 9.17) is 17.0 Å². The number of aromatic hydroxyl groups is 1. The van der Waals surface area contributed by atoms with Gasteiger partial charge in [0.2, 0.25) is 0 Å². The maximum absolute atomic E-state index is 14.9. The molecule has 0 aliphatic carbocycles. The van der Waals surface area contributed by atoms with Crippen LogP contribution in [0, 0.1) is 11.2 Å². The minimum Gasteiger partial charge on any atom is -0.507 e. The molecule has 2 aromatic heterocycles. The summed E-state index contributed by atoms with van der Waals surface area (Å²) in [5.41, 5.74) is 1.94. The Morgan fingerprint density at radius 1 is 1.05 bits per heavy atom. The molecular weight excluding hydrogens is 507 g/mol. The van der Waals surface area contributed by atoms with Crippen molar-refractivity contribution in [3.05, 3.63) is 82.4 Å². The van der Waals surface area contributed by atoms with Gasteiger partial charge in [-0.25, -0.2) is 14.2 Å². The van der Waals surface area contributed by atoms with Crippen molar-refractivity contribution in [3.8, 4) is 33.7 Å². The quantitative estimate of drug-likeness (QED) is 0.380. The molecule has 8 nitrogen and oxygen atoms in total. The van der Waals surface area contributed by atoms with Gasteiger partial charge in [0, 0.05) is 55.9 Å². The second kappa shape index (κ2) is 9.98. The number of benzene rings is 2. The summed E-state index contributed by atoms with van der Waals surface area (Å²) in [6.07, 6.45) is 4.87. The molecule has 1 aliphatic rings. The van der Waals surface area contributed by atoms with E-state index < -0.39 is 5.82 Å². The van der Waals surface area contributed by atoms with E-state index in [0.29, 0.717) is 53.7 Å². The lowest BCUT2D eigenvalue weighted by atomic mass is 9.97. The maximum Gasteiger partial charge on any atom is 0.332 e. The number of aromatic nitrogens is 3. The molecule has 2 aromatic carbocycles. The van der Waals surface area contributed by atoms with Crippen LogP contribution in [0.2, 0.25) is 5.02 Å². The summed E-state index contributed by atoms with van der Waals surface area (Å²) < 4.78 is 17.7. The number of phenols is 1. The van der Waals surface area contributed by atoms with Crippen molar-refractivity contribution in [1.82, 2.24) is 19.0 Å². The third-order valence-corrected chi connectivity index (χ3v) is 7.14. The Bertz CT molecular complexity index is 1590. The molecule has 5 rings (SSSR count). The number of anilines is 1. The lowest BCUT2D eigenvalue weighted by Crippen LogP contribution is -2.52. The number of imidazole rings is 1. The third-order valence-electron chi connectivity index (χ3n) is 6.84. The number of halogens is 2. The topological polar surface area (TPSA) is 90.4 Å². The molecule has 0 radical (unpaired) electrons. The molecule has 3 heterocycles. The van der Waals surface area contributed by atoms with Gasteiger partial charge in [-0.3, -0.25) is 9.98 Å². The Morgan fingerprint density at radius 2 is 1.76 bits per heavy atom. The van der Waals surface area contributed by atoms with Gasteiger partial charge < -0.3 is 19.5 Å². The summed E-state index contributed by atoms with van der Waals surface area (Å²) in [5, 5.41) is 19.9. The highest BCUT2D eigenvalue weighted by atomic mass is 35.5. The van der Waals surface area contributed by atoms with Gasteiger partial charge >= 0.3 is 5.69 Å². The molecule has 0 spiro atoms. The molecule has 1 fully saturated rings. The standard InChI is InChI=1S/C28H28ClFN6O2/c1-17(2)35-11-9-34(16-25(35)31)26-13-19(6-7-32-26)22-15-20(30)14-21(27(22)37)18-4-5-24(23(29)12-18)36-10-8-33(3)28(36)38/h4-8,10,12-15,17,31,37H,9,11,16H2,1-3H3. The summed E-state index contributed by atoms with van der Waals surface area (Å²) in [6, 6.07) is 11.3. The van der Waals surface area contributed by atoms with Gasteiger partial charge in [-0.05, 0) is 61.4 Å². The summed E-state index contributed by atoms with van der Waals surface area (Å²) in [4.78, 5) is 20.9. The smallest absolute Gasteiger partial charge is 0.332 e. The highest BCUT2D eigenvalue weighted by Gasteiger charge is 2.24. The van der Waals surface area contributed by atoms with Gasteiger partial charge in [-0.1, -0.05) is 17.7 Å². The van der Waals surface area contributed by atoms with Crippen LogP contribution in [0.5, 0.6) is 5.75 Å². The van der Waals surface area contributed by atoms with Crippen LogP contribution in [-0.4, -0.2) is 55.6 Å². The maximum atomic E-state index is 14.9. The zero-order chi connectivity index (χ0) is 27.1. The molecule has 0 atom stereocenters. The molecule has 4 aromatic rings. The van der Waals surface area contributed by atoms with Crippen LogP contribution in [0.3, 0.4) is 0 Å². The number of nitrogens with one attached hydrogen (secondary N) is 1. The summed E-state index contributed by atoms with van der Waals surface area (Å²) in [6.45, 7) is 5.96. The van der Waals surface area contributed by atoms with Gasteiger partial charge in [0.05, 0.1) is 17.3 Å². The summed E-state index contributed by atoms with van der Waals surface area (Å²) in [7, 11) is 1.65. The molecule has 38 heavy (non-hydrogen) atoms. The Morgan fingerprint density at radius 3 is 2.37 bits per heavy atom. The van der Waals surface area contributed by atoms with Crippen LogP contribution >= 0.6 is 11.6 Å². The molecule has 10 heteroatoms. The fourth-order valence-corrected chi connectivity index (χ4v) is 5.07. The molecule has 0 unspecified atom stereocenters. The normalized spacial score (nSPS) is 14.0. The lowest BCUT2D eigenvalue weighted by Gasteiger charge is -2.39. The van der Waals surface area contributed by atoms with Crippen LogP contribution in [0.4, 0.5) is 10.2 Å². The van der Waals surface area contributed by atoms with E-state index in [0.717, 1.165) is 0 Å². The first-order chi connectivity index (χ1) is 18.1. The van der Waals surface area contributed by atoms with Crippen LogP contribution < -0.4 is 10.6 Å². The predicted octanol–water partition coefficient (Wildman–Crippen LogP) is 4.91. The van der Waals surface area contributed by atoms with Gasteiger partial charge in [0.1, 0.15) is 23.2 Å². The molecule has 0 amide bonds. The number of piperazine rings is 1. The van der Waals surface area contributed by atoms with Crippen LogP contribution in [0.15, 0.2) is 65.8 Å². The van der Waals surface area contributed by atoms with Crippen LogP contribution in [-0.2, 0) is 7.05 Å². The average Bonchev–Trinajstić information content (AvgIpc) is 3.22. The van der Waals surface area contributed by atoms with Crippen LogP contribution in [0.1, 0.15) is 13.8 Å². The first-order valence-corrected chi connectivity index (χ1v) is 12.6. The van der Waals surface area contributed by atoms with Crippen molar-refractivity contribution in [2.24, 2.45) is 7.05 Å². The largest absolute Gasteiger partial charge is 0.507 e. The van der Waals surface area contributed by atoms with Crippen LogP contribution in [0.25, 0.3) is 27.9 Å². The first kappa shape index (κ1) is 25.5. The number of rotatable bonds is 5. The van der Waals surface area contributed by atoms with E-state index in [1.807, 2.05) is 4.90 Å². The monoisotopic (exact) mass is 534 g/mol. The number of pyridine rings is 1. The van der Waals surface area contributed by atoms with Crippen molar-refractivity contribution >= 4 is 23.3 Å². The number of nitrogens with zero attached hydrogens (tertiary/aromatic N) is 5. The number of hydrogen-bond acceptors (Lipinski definition) is 5. The van der Waals surface area contributed by atoms with E-state index >= 15 is 0 Å². The Hall–Kier alpha value is -4.11. The molecule has 1 aliphatic heterocycles. The lowest BCUT2D eigenvalue weighted by molar-refractivity contribution is 0.332. The SMILES string of the molecule is CC(C)N1CCN(c2cc(-c3cc(F)cc(-c4ccc(-n5ccn(C)c5=O)c(Cl)c4)c3O)ccn2)CC1=N. The highest BCUT2D eigenvalue weighted by molar-refractivity contribution is 6.32. The number of hydrogen-bond donors (Lipinski definition) is 2. The predicted molar refractivity (Wildman–Crippen MR) is 148 cm³/mol. The van der Waals surface area contributed by atoms with Crippen molar-refractivity contribution < 1.29 is 9.50 Å². The number of amidine groups is 1. The third kappa shape index (κ3) is 4.65. The van der Waals surface area contributed by atoms with E-state index in [2.05, 4.69) is 23.7 Å².